The first-order valence-corrected chi connectivity index (χ1v) is 7.15. The number of hydrogen-bond donors (Lipinski definition) is 2. The van der Waals surface area contributed by atoms with Gasteiger partial charge in [0.15, 0.2) is 0 Å². The number of methoxy groups -OCH3 is 1. The molecule has 0 heterocycles. The van der Waals surface area contributed by atoms with Crippen LogP contribution in [0.1, 0.15) is 19.4 Å². The number of hydrogen-bond acceptors (Lipinski definition) is 4. The molecular formula is C16H27N3O2. The number of ether oxygens (including phenoxy) is 1. The van der Waals surface area contributed by atoms with Crippen molar-refractivity contribution >= 4 is 5.91 Å². The van der Waals surface area contributed by atoms with E-state index in [4.69, 9.17) is 10.5 Å². The highest BCUT2D eigenvalue weighted by Crippen LogP contribution is 2.16. The van der Waals surface area contributed by atoms with Gasteiger partial charge in [-0.25, -0.2) is 0 Å². The highest BCUT2D eigenvalue weighted by atomic mass is 16.5. The maximum atomic E-state index is 12.0. The predicted octanol–water partition coefficient (Wildman–Crippen LogP) is 1.23. The van der Waals surface area contributed by atoms with Crippen LogP contribution in [0.5, 0.6) is 5.75 Å². The van der Waals surface area contributed by atoms with E-state index in [1.807, 2.05) is 36.2 Å². The van der Waals surface area contributed by atoms with Crippen LogP contribution in [0.15, 0.2) is 24.3 Å². The van der Waals surface area contributed by atoms with Crippen molar-refractivity contribution in [2.75, 3.05) is 33.8 Å². The van der Waals surface area contributed by atoms with Crippen molar-refractivity contribution in [2.45, 2.75) is 20.4 Å². The van der Waals surface area contributed by atoms with Crippen LogP contribution >= 0.6 is 0 Å². The molecular weight excluding hydrogens is 266 g/mol. The van der Waals surface area contributed by atoms with Gasteiger partial charge >= 0.3 is 0 Å². The summed E-state index contributed by atoms with van der Waals surface area (Å²) in [7, 11) is 3.56. The van der Waals surface area contributed by atoms with Gasteiger partial charge in [0.1, 0.15) is 5.75 Å². The van der Waals surface area contributed by atoms with E-state index in [0.29, 0.717) is 19.6 Å². The Labute approximate surface area is 127 Å². The minimum absolute atomic E-state index is 0.00349. The number of nitrogens with zero attached hydrogens (tertiary/aromatic N) is 1. The quantitative estimate of drug-likeness (QED) is 0.756. The number of benzene rings is 1. The second-order valence-electron chi connectivity index (χ2n) is 6.13. The van der Waals surface area contributed by atoms with Crippen molar-refractivity contribution < 1.29 is 9.53 Å². The third-order valence-electron chi connectivity index (χ3n) is 3.33. The summed E-state index contributed by atoms with van der Waals surface area (Å²) < 4.78 is 5.26. The third-order valence-corrected chi connectivity index (χ3v) is 3.33. The Morgan fingerprint density at radius 3 is 2.67 bits per heavy atom. The van der Waals surface area contributed by atoms with E-state index in [0.717, 1.165) is 17.9 Å². The molecule has 0 aromatic heterocycles. The highest BCUT2D eigenvalue weighted by Gasteiger charge is 2.19. The Bertz CT molecular complexity index is 461. The Kier molecular flexibility index (Phi) is 6.65. The largest absolute Gasteiger partial charge is 0.496 e. The van der Waals surface area contributed by atoms with Crippen LogP contribution in [0.25, 0.3) is 0 Å². The molecule has 0 spiro atoms. The van der Waals surface area contributed by atoms with E-state index in [1.54, 1.807) is 7.11 Å². The maximum absolute atomic E-state index is 12.0. The minimum Gasteiger partial charge on any atom is -0.496 e. The van der Waals surface area contributed by atoms with E-state index in [2.05, 4.69) is 19.2 Å². The summed E-state index contributed by atoms with van der Waals surface area (Å²) in [5.74, 6) is 0.784. The van der Waals surface area contributed by atoms with Gasteiger partial charge in [0.2, 0.25) is 5.91 Å². The van der Waals surface area contributed by atoms with Crippen molar-refractivity contribution in [2.24, 2.45) is 11.1 Å². The zero-order chi connectivity index (χ0) is 15.9. The van der Waals surface area contributed by atoms with Crippen LogP contribution in [0.4, 0.5) is 0 Å². The minimum atomic E-state index is -0.00349. The number of carbonyl (C=O) groups is 1. The zero-order valence-electron chi connectivity index (χ0n) is 13.5. The lowest BCUT2D eigenvalue weighted by molar-refractivity contribution is -0.122. The number of likely N-dealkylation sites (N-methyl/N-ethyl adjacent to an activating group) is 1. The first-order chi connectivity index (χ1) is 9.88. The average Bonchev–Trinajstić information content (AvgIpc) is 2.44. The number of rotatable bonds is 8. The lowest BCUT2D eigenvalue weighted by Gasteiger charge is -2.28. The van der Waals surface area contributed by atoms with E-state index in [-0.39, 0.29) is 11.3 Å². The van der Waals surface area contributed by atoms with Gasteiger partial charge in [-0.3, -0.25) is 9.69 Å². The number of carbonyl (C=O) groups excluding carboxylic acids is 1. The summed E-state index contributed by atoms with van der Waals surface area (Å²) in [4.78, 5) is 14.0. The number of nitrogens with one attached hydrogen (secondary N) is 1. The van der Waals surface area contributed by atoms with Crippen molar-refractivity contribution in [3.63, 3.8) is 0 Å². The van der Waals surface area contributed by atoms with Crippen LogP contribution in [0.2, 0.25) is 0 Å². The van der Waals surface area contributed by atoms with Gasteiger partial charge in [0, 0.05) is 18.7 Å². The summed E-state index contributed by atoms with van der Waals surface area (Å²) in [5, 5.41) is 2.92. The molecule has 0 unspecified atom stereocenters. The average molecular weight is 293 g/mol. The lowest BCUT2D eigenvalue weighted by Crippen LogP contribution is -2.41. The molecule has 5 nitrogen and oxygen atoms in total. The molecule has 0 saturated heterocycles. The van der Waals surface area contributed by atoms with Crippen LogP contribution < -0.4 is 15.8 Å². The molecule has 1 aromatic carbocycles. The van der Waals surface area contributed by atoms with Crippen molar-refractivity contribution in [1.82, 2.24) is 10.2 Å². The standard InChI is InChI=1S/C16H27N3O2/c1-16(2,11-17)12-19(3)10-15(20)18-9-13-7-5-6-8-14(13)21-4/h5-8H,9-12,17H2,1-4H3,(H,18,20). The molecule has 0 aliphatic carbocycles. The van der Waals surface area contributed by atoms with Crippen molar-refractivity contribution in [3.05, 3.63) is 29.8 Å². The SMILES string of the molecule is COc1ccccc1CNC(=O)CN(C)CC(C)(C)CN. The normalized spacial score (nSPS) is 11.5. The summed E-state index contributed by atoms with van der Waals surface area (Å²) in [5.41, 5.74) is 6.69. The molecule has 1 aromatic rings. The van der Waals surface area contributed by atoms with Gasteiger partial charge in [-0.15, -0.1) is 0 Å². The molecule has 0 bridgehead atoms. The molecule has 0 atom stereocenters. The molecule has 118 valence electrons. The van der Waals surface area contributed by atoms with Crippen molar-refractivity contribution in [1.29, 1.82) is 0 Å². The molecule has 0 radical (unpaired) electrons. The van der Waals surface area contributed by atoms with Gasteiger partial charge in [-0.05, 0) is 25.1 Å². The highest BCUT2D eigenvalue weighted by molar-refractivity contribution is 5.78. The zero-order valence-corrected chi connectivity index (χ0v) is 13.5. The number of para-hydroxylation sites is 1. The van der Waals surface area contributed by atoms with Crippen molar-refractivity contribution in [3.8, 4) is 5.75 Å². The fourth-order valence-corrected chi connectivity index (χ4v) is 2.20. The maximum Gasteiger partial charge on any atom is 0.234 e. The molecule has 0 aliphatic rings. The molecule has 1 amide bonds. The van der Waals surface area contributed by atoms with Gasteiger partial charge in [-0.1, -0.05) is 32.0 Å². The van der Waals surface area contributed by atoms with E-state index >= 15 is 0 Å². The Morgan fingerprint density at radius 2 is 2.05 bits per heavy atom. The topological polar surface area (TPSA) is 67.6 Å². The van der Waals surface area contributed by atoms with Gasteiger partial charge < -0.3 is 15.8 Å². The van der Waals surface area contributed by atoms with Gasteiger partial charge in [0.25, 0.3) is 0 Å². The number of nitrogens with two attached hydrogens (primary N) is 1. The smallest absolute Gasteiger partial charge is 0.234 e. The summed E-state index contributed by atoms with van der Waals surface area (Å²) in [6.07, 6.45) is 0. The second kappa shape index (κ2) is 8.00. The van der Waals surface area contributed by atoms with E-state index < -0.39 is 0 Å². The van der Waals surface area contributed by atoms with Gasteiger partial charge in [-0.2, -0.15) is 0 Å². The second-order valence-corrected chi connectivity index (χ2v) is 6.13. The van der Waals surface area contributed by atoms with Crippen LogP contribution in [-0.2, 0) is 11.3 Å². The predicted molar refractivity (Wildman–Crippen MR) is 85.2 cm³/mol. The number of amides is 1. The summed E-state index contributed by atoms with van der Waals surface area (Å²) >= 11 is 0. The first kappa shape index (κ1) is 17.5. The molecule has 0 aliphatic heterocycles. The van der Waals surface area contributed by atoms with Gasteiger partial charge in [0.05, 0.1) is 13.7 Å². The van der Waals surface area contributed by atoms with E-state index in [9.17, 15) is 4.79 Å². The van der Waals surface area contributed by atoms with Crippen LogP contribution in [0.3, 0.4) is 0 Å². The Balaban J connectivity index is 2.44. The summed E-state index contributed by atoms with van der Waals surface area (Å²) in [6.45, 7) is 6.40. The molecule has 0 saturated carbocycles. The fraction of sp³-hybridized carbons (Fsp3) is 0.562. The molecule has 3 N–H and O–H groups in total. The first-order valence-electron chi connectivity index (χ1n) is 7.15. The molecule has 5 heteroatoms. The monoisotopic (exact) mass is 293 g/mol. The molecule has 0 fully saturated rings. The summed E-state index contributed by atoms with van der Waals surface area (Å²) in [6, 6.07) is 7.67. The fourth-order valence-electron chi connectivity index (χ4n) is 2.20. The molecule has 1 rings (SSSR count). The van der Waals surface area contributed by atoms with Crippen LogP contribution in [0, 0.1) is 5.41 Å². The molecule has 21 heavy (non-hydrogen) atoms. The van der Waals surface area contributed by atoms with Crippen LogP contribution in [-0.4, -0.2) is 44.6 Å². The lowest BCUT2D eigenvalue weighted by atomic mass is 9.93. The van der Waals surface area contributed by atoms with E-state index in [1.165, 1.54) is 0 Å². The Morgan fingerprint density at radius 1 is 1.38 bits per heavy atom. The Hall–Kier alpha value is -1.59. The third kappa shape index (κ3) is 6.14.